The number of halogens is 1. The topological polar surface area (TPSA) is 56.7 Å². The molecule has 2 N–H and O–H groups in total. The van der Waals surface area contributed by atoms with E-state index in [0.717, 1.165) is 36.9 Å². The summed E-state index contributed by atoms with van der Waals surface area (Å²) in [6.07, 6.45) is 1.08. The molecule has 2 atom stereocenters. The fourth-order valence-corrected chi connectivity index (χ4v) is 4.27. The van der Waals surface area contributed by atoms with E-state index in [-0.39, 0.29) is 24.0 Å². The van der Waals surface area contributed by atoms with E-state index in [1.807, 2.05) is 30.3 Å². The van der Waals surface area contributed by atoms with Crippen LogP contribution in [0.25, 0.3) is 0 Å². The molecule has 3 rings (SSSR count). The van der Waals surface area contributed by atoms with Gasteiger partial charge in [-0.15, -0.1) is 24.0 Å². The van der Waals surface area contributed by atoms with Gasteiger partial charge in [0, 0.05) is 42.0 Å². The Morgan fingerprint density at radius 3 is 2.59 bits per heavy atom. The predicted octanol–water partition coefficient (Wildman–Crippen LogP) is 3.55. The third kappa shape index (κ3) is 7.29. The van der Waals surface area contributed by atoms with Gasteiger partial charge >= 0.3 is 0 Å². The van der Waals surface area contributed by atoms with Crippen molar-refractivity contribution in [2.24, 2.45) is 4.99 Å². The van der Waals surface area contributed by atoms with E-state index in [4.69, 9.17) is 0 Å². The quantitative estimate of drug-likeness (QED) is 0.329. The van der Waals surface area contributed by atoms with E-state index in [1.165, 1.54) is 11.3 Å². The molecule has 158 valence electrons. The normalized spacial score (nSPS) is 17.5. The van der Waals surface area contributed by atoms with Crippen LogP contribution in [0.5, 0.6) is 0 Å². The molecule has 0 amide bonds. The molecule has 1 heterocycles. The highest BCUT2D eigenvalue weighted by molar-refractivity contribution is 14.0. The molecule has 1 fully saturated rings. The maximum absolute atomic E-state index is 12.3. The van der Waals surface area contributed by atoms with E-state index < -0.39 is 10.8 Å². The van der Waals surface area contributed by atoms with Gasteiger partial charge in [-0.2, -0.15) is 0 Å². The molecule has 2 aromatic rings. The van der Waals surface area contributed by atoms with Crippen LogP contribution in [0, 0.1) is 6.92 Å². The molecule has 2 aromatic carbocycles. The second kappa shape index (κ2) is 12.2. The van der Waals surface area contributed by atoms with Crippen LogP contribution in [0.15, 0.2) is 64.5 Å². The summed E-state index contributed by atoms with van der Waals surface area (Å²) in [7, 11) is -1.01. The summed E-state index contributed by atoms with van der Waals surface area (Å²) < 4.78 is 12.3. The van der Waals surface area contributed by atoms with E-state index in [9.17, 15) is 4.21 Å². The number of hydrogen-bond donors (Lipinski definition) is 2. The minimum Gasteiger partial charge on any atom is -0.369 e. The summed E-state index contributed by atoms with van der Waals surface area (Å²) in [5, 5.41) is 6.85. The lowest BCUT2D eigenvalue weighted by atomic mass is 10.2. The van der Waals surface area contributed by atoms with Gasteiger partial charge in [0.15, 0.2) is 5.96 Å². The number of guanidine groups is 1. The fourth-order valence-electron chi connectivity index (χ4n) is 3.31. The van der Waals surface area contributed by atoms with Crippen LogP contribution in [0.1, 0.15) is 18.9 Å². The van der Waals surface area contributed by atoms with Crippen LogP contribution < -0.4 is 15.5 Å². The smallest absolute Gasteiger partial charge is 0.191 e. The van der Waals surface area contributed by atoms with Crippen LogP contribution in [-0.4, -0.2) is 48.1 Å². The number of anilines is 1. The van der Waals surface area contributed by atoms with Gasteiger partial charge in [-0.1, -0.05) is 35.9 Å². The van der Waals surface area contributed by atoms with Crippen LogP contribution in [0.2, 0.25) is 0 Å². The summed E-state index contributed by atoms with van der Waals surface area (Å²) in [5.41, 5.74) is 2.56. The van der Waals surface area contributed by atoms with Crippen molar-refractivity contribution in [3.8, 4) is 0 Å². The first-order valence-electron chi connectivity index (χ1n) is 9.95. The Morgan fingerprint density at radius 2 is 1.90 bits per heavy atom. The Kier molecular flexibility index (Phi) is 9.93. The van der Waals surface area contributed by atoms with Gasteiger partial charge in [-0.25, -0.2) is 0 Å². The van der Waals surface area contributed by atoms with Gasteiger partial charge in [0.25, 0.3) is 0 Å². The van der Waals surface area contributed by atoms with Gasteiger partial charge in [0.1, 0.15) is 0 Å². The molecular weight excluding hydrogens is 495 g/mol. The van der Waals surface area contributed by atoms with Crippen molar-refractivity contribution in [1.82, 2.24) is 10.6 Å². The molecule has 0 saturated carbocycles. The molecule has 1 saturated heterocycles. The highest BCUT2D eigenvalue weighted by Crippen LogP contribution is 2.20. The number of aliphatic imine (C=N–C) groups is 1. The molecule has 0 bridgehead atoms. The summed E-state index contributed by atoms with van der Waals surface area (Å²) >= 11 is 0. The third-order valence-corrected chi connectivity index (χ3v) is 6.18. The van der Waals surface area contributed by atoms with E-state index >= 15 is 0 Å². The SMILES string of the molecule is CCNC(=NCCS(=O)c1ccccc1)NC1CCN(c2ccc(C)cc2)C1.I. The molecule has 0 aliphatic carbocycles. The molecule has 2 unspecified atom stereocenters. The van der Waals surface area contributed by atoms with Crippen molar-refractivity contribution in [3.05, 3.63) is 60.2 Å². The lowest BCUT2D eigenvalue weighted by Crippen LogP contribution is -2.44. The molecule has 0 spiro atoms. The molecule has 0 aromatic heterocycles. The van der Waals surface area contributed by atoms with E-state index in [0.29, 0.717) is 18.3 Å². The predicted molar refractivity (Wildman–Crippen MR) is 134 cm³/mol. The summed E-state index contributed by atoms with van der Waals surface area (Å²) in [4.78, 5) is 7.90. The minimum absolute atomic E-state index is 0. The minimum atomic E-state index is -1.01. The van der Waals surface area contributed by atoms with Gasteiger partial charge in [0.05, 0.1) is 17.3 Å². The average molecular weight is 526 g/mol. The maximum Gasteiger partial charge on any atom is 0.191 e. The van der Waals surface area contributed by atoms with Crippen molar-refractivity contribution in [2.75, 3.05) is 36.8 Å². The maximum atomic E-state index is 12.3. The Balaban J connectivity index is 0.00000300. The largest absolute Gasteiger partial charge is 0.369 e. The average Bonchev–Trinajstić information content (AvgIpc) is 3.17. The second-order valence-corrected chi connectivity index (χ2v) is 8.61. The molecule has 5 nitrogen and oxygen atoms in total. The molecule has 1 aliphatic rings. The van der Waals surface area contributed by atoms with E-state index in [2.05, 4.69) is 58.6 Å². The van der Waals surface area contributed by atoms with Gasteiger partial charge < -0.3 is 15.5 Å². The Bertz CT molecular complexity index is 798. The number of aryl methyl sites for hydroxylation is 1. The fraction of sp³-hybridized carbons (Fsp3) is 0.409. The zero-order chi connectivity index (χ0) is 19.8. The van der Waals surface area contributed by atoms with Gasteiger partial charge in [-0.3, -0.25) is 9.20 Å². The Hall–Kier alpha value is -1.61. The third-order valence-electron chi connectivity index (χ3n) is 4.83. The van der Waals surface area contributed by atoms with Crippen LogP contribution in [0.4, 0.5) is 5.69 Å². The second-order valence-electron chi connectivity index (χ2n) is 7.03. The summed E-state index contributed by atoms with van der Waals surface area (Å²) in [5.74, 6) is 1.34. The highest BCUT2D eigenvalue weighted by Gasteiger charge is 2.23. The van der Waals surface area contributed by atoms with Gasteiger partial charge in [-0.05, 0) is 44.5 Å². The Labute approximate surface area is 193 Å². The van der Waals surface area contributed by atoms with Gasteiger partial charge in [0.2, 0.25) is 0 Å². The highest BCUT2D eigenvalue weighted by atomic mass is 127. The lowest BCUT2D eigenvalue weighted by Gasteiger charge is -2.20. The first-order valence-corrected chi connectivity index (χ1v) is 11.3. The van der Waals surface area contributed by atoms with Crippen molar-refractivity contribution < 1.29 is 4.21 Å². The first kappa shape index (κ1) is 23.7. The first-order chi connectivity index (χ1) is 13.7. The molecular formula is C22H31IN4OS. The molecule has 1 aliphatic heterocycles. The summed E-state index contributed by atoms with van der Waals surface area (Å²) in [6.45, 7) is 7.52. The van der Waals surface area contributed by atoms with Crippen LogP contribution >= 0.6 is 24.0 Å². The molecule has 0 radical (unpaired) electrons. The number of benzene rings is 2. The van der Waals surface area contributed by atoms with Crippen molar-refractivity contribution in [2.45, 2.75) is 31.2 Å². The van der Waals surface area contributed by atoms with Crippen LogP contribution in [0.3, 0.4) is 0 Å². The molecule has 7 heteroatoms. The Morgan fingerprint density at radius 1 is 1.17 bits per heavy atom. The van der Waals surface area contributed by atoms with E-state index in [1.54, 1.807) is 0 Å². The number of nitrogens with zero attached hydrogens (tertiary/aromatic N) is 2. The zero-order valence-electron chi connectivity index (χ0n) is 17.1. The number of hydrogen-bond acceptors (Lipinski definition) is 3. The molecule has 29 heavy (non-hydrogen) atoms. The van der Waals surface area contributed by atoms with Crippen molar-refractivity contribution in [1.29, 1.82) is 0 Å². The number of nitrogens with one attached hydrogen (secondary N) is 2. The number of rotatable bonds is 7. The van der Waals surface area contributed by atoms with Crippen LogP contribution in [-0.2, 0) is 10.8 Å². The zero-order valence-corrected chi connectivity index (χ0v) is 20.3. The monoisotopic (exact) mass is 526 g/mol. The summed E-state index contributed by atoms with van der Waals surface area (Å²) in [6, 6.07) is 18.6. The standard InChI is InChI=1S/C22H30N4OS.HI/c1-3-23-22(24-14-16-28(27)21-7-5-4-6-8-21)25-19-13-15-26(17-19)20-11-9-18(2)10-12-20;/h4-12,19H,3,13-17H2,1-2H3,(H2,23,24,25);1H. The lowest BCUT2D eigenvalue weighted by molar-refractivity contribution is 0.650. The van der Waals surface area contributed by atoms with Crippen molar-refractivity contribution >= 4 is 46.4 Å². The van der Waals surface area contributed by atoms with Crippen molar-refractivity contribution in [3.63, 3.8) is 0 Å².